The number of aliphatic hydroxyl groups excluding tert-OH is 1. The van der Waals surface area contributed by atoms with E-state index in [9.17, 15) is 19.4 Å². The number of amides is 1. The quantitative estimate of drug-likeness (QED) is 0.0275. The van der Waals surface area contributed by atoms with Crippen LogP contribution in [0, 0.1) is 0 Å². The molecule has 0 bridgehead atoms. The number of allylic oxidation sites excluding steroid dienone is 5. The Morgan fingerprint density at radius 2 is 1.00 bits per heavy atom. The predicted molar refractivity (Wildman–Crippen MR) is 238 cm³/mol. The third kappa shape index (κ3) is 40.9. The molecule has 3 atom stereocenters. The van der Waals surface area contributed by atoms with Crippen molar-refractivity contribution >= 4 is 13.7 Å². The summed E-state index contributed by atoms with van der Waals surface area (Å²) in [5.41, 5.74) is 0. The second kappa shape index (κ2) is 39.2. The first-order valence-corrected chi connectivity index (χ1v) is 24.8. The second-order valence-corrected chi connectivity index (χ2v) is 18.5. The predicted octanol–water partition coefficient (Wildman–Crippen LogP) is 12.5. The number of phosphoric ester groups is 1. The average molecular weight is 811 g/mol. The summed E-state index contributed by atoms with van der Waals surface area (Å²) in [6.45, 7) is 4.59. The summed E-state index contributed by atoms with van der Waals surface area (Å²) in [5, 5.41) is 13.7. The number of aliphatic hydroxyl groups is 1. The Morgan fingerprint density at radius 3 is 1.45 bits per heavy atom. The van der Waals surface area contributed by atoms with Crippen molar-refractivity contribution in [2.75, 3.05) is 40.9 Å². The molecule has 0 aromatic heterocycles. The van der Waals surface area contributed by atoms with E-state index < -0.39 is 26.6 Å². The zero-order valence-electron chi connectivity index (χ0n) is 37.3. The molecule has 0 aliphatic heterocycles. The van der Waals surface area contributed by atoms with Gasteiger partial charge in [-0.3, -0.25) is 9.36 Å². The van der Waals surface area contributed by atoms with Crippen molar-refractivity contribution in [2.24, 2.45) is 0 Å². The van der Waals surface area contributed by atoms with Gasteiger partial charge in [0.25, 0.3) is 7.82 Å². The number of nitrogens with one attached hydrogen (secondary N) is 1. The number of carbonyl (C=O) groups is 1. The van der Waals surface area contributed by atoms with Crippen molar-refractivity contribution in [3.63, 3.8) is 0 Å². The molecule has 330 valence electrons. The van der Waals surface area contributed by atoms with Gasteiger partial charge >= 0.3 is 0 Å². The molecule has 0 aromatic carbocycles. The first kappa shape index (κ1) is 54.7. The molecule has 0 heterocycles. The van der Waals surface area contributed by atoms with Gasteiger partial charge in [0.05, 0.1) is 39.9 Å². The van der Waals surface area contributed by atoms with Crippen LogP contribution in [0.25, 0.3) is 0 Å². The van der Waals surface area contributed by atoms with Gasteiger partial charge in [0, 0.05) is 6.42 Å². The van der Waals surface area contributed by atoms with Crippen molar-refractivity contribution in [2.45, 2.75) is 219 Å². The van der Waals surface area contributed by atoms with Gasteiger partial charge in [-0.2, -0.15) is 0 Å². The van der Waals surface area contributed by atoms with Crippen LogP contribution in [-0.4, -0.2) is 68.5 Å². The van der Waals surface area contributed by atoms with Crippen LogP contribution in [0.5, 0.6) is 0 Å². The smallest absolute Gasteiger partial charge is 0.268 e. The van der Waals surface area contributed by atoms with E-state index in [1.807, 2.05) is 27.2 Å². The molecule has 0 rings (SSSR count). The molecular formula is C47H91N2O6P. The number of hydrogen-bond donors (Lipinski definition) is 2. The fourth-order valence-corrected chi connectivity index (χ4v) is 7.32. The summed E-state index contributed by atoms with van der Waals surface area (Å²) in [5.74, 6) is -0.210. The maximum atomic E-state index is 12.9. The topological polar surface area (TPSA) is 108 Å². The number of phosphoric acid groups is 1. The normalized spacial score (nSPS) is 14.6. The van der Waals surface area contributed by atoms with E-state index in [-0.39, 0.29) is 12.5 Å². The van der Waals surface area contributed by atoms with Crippen molar-refractivity contribution < 1.29 is 32.9 Å². The van der Waals surface area contributed by atoms with Crippen LogP contribution in [-0.2, 0) is 18.4 Å². The molecule has 0 fully saturated rings. The minimum atomic E-state index is -4.60. The molecule has 0 aromatic rings. The molecule has 2 N–H and O–H groups in total. The zero-order valence-corrected chi connectivity index (χ0v) is 38.2. The molecule has 0 saturated carbocycles. The Kier molecular flexibility index (Phi) is 38.3. The number of nitrogens with zero attached hydrogens (tertiary/aromatic N) is 1. The highest BCUT2D eigenvalue weighted by atomic mass is 31.2. The molecule has 1 amide bonds. The first-order valence-electron chi connectivity index (χ1n) is 23.4. The summed E-state index contributed by atoms with van der Waals surface area (Å²) in [7, 11) is 1.24. The van der Waals surface area contributed by atoms with Crippen molar-refractivity contribution in [1.29, 1.82) is 0 Å². The van der Waals surface area contributed by atoms with Crippen LogP contribution in [0.15, 0.2) is 36.5 Å². The van der Waals surface area contributed by atoms with Gasteiger partial charge < -0.3 is 28.8 Å². The molecule has 9 heteroatoms. The number of unbranched alkanes of at least 4 members (excludes halogenated alkanes) is 25. The van der Waals surface area contributed by atoms with Crippen molar-refractivity contribution in [3.05, 3.63) is 36.5 Å². The number of quaternary nitrogens is 1. The van der Waals surface area contributed by atoms with Crippen LogP contribution >= 0.6 is 7.82 Å². The Labute approximate surface area is 347 Å². The first-order chi connectivity index (χ1) is 27.0. The van der Waals surface area contributed by atoms with E-state index in [2.05, 4.69) is 43.5 Å². The fourth-order valence-electron chi connectivity index (χ4n) is 6.60. The van der Waals surface area contributed by atoms with Gasteiger partial charge in [-0.05, 0) is 44.9 Å². The minimum absolute atomic E-state index is 0.00794. The molecule has 0 aliphatic rings. The van der Waals surface area contributed by atoms with Gasteiger partial charge in [-0.15, -0.1) is 0 Å². The maximum absolute atomic E-state index is 12.9. The van der Waals surface area contributed by atoms with E-state index in [1.165, 1.54) is 135 Å². The second-order valence-electron chi connectivity index (χ2n) is 17.1. The maximum Gasteiger partial charge on any atom is 0.268 e. The zero-order chi connectivity index (χ0) is 41.4. The van der Waals surface area contributed by atoms with E-state index in [0.717, 1.165) is 51.4 Å². The summed E-state index contributed by atoms with van der Waals surface area (Å²) in [6, 6.07) is -0.905. The van der Waals surface area contributed by atoms with Gasteiger partial charge in [0.1, 0.15) is 13.2 Å². The van der Waals surface area contributed by atoms with Gasteiger partial charge in [-0.1, -0.05) is 192 Å². The van der Waals surface area contributed by atoms with Gasteiger partial charge in [0.15, 0.2) is 0 Å². The lowest BCUT2D eigenvalue weighted by Gasteiger charge is -2.29. The van der Waals surface area contributed by atoms with E-state index >= 15 is 0 Å². The lowest BCUT2D eigenvalue weighted by atomic mass is 10.0. The SMILES string of the molecule is CCCCC/C=C/CC/C=C/CC/C=C/C(O)C(COP(=O)([O-])OCC[N+](C)(C)C)NC(=O)CCCCCCCCCCCCCCCCCCCCCCC. The van der Waals surface area contributed by atoms with Crippen molar-refractivity contribution in [3.8, 4) is 0 Å². The number of rotatable bonds is 42. The summed E-state index contributed by atoms with van der Waals surface area (Å²) in [6.07, 6.45) is 47.7. The highest BCUT2D eigenvalue weighted by Crippen LogP contribution is 2.38. The Balaban J connectivity index is 4.33. The minimum Gasteiger partial charge on any atom is -0.756 e. The molecule has 56 heavy (non-hydrogen) atoms. The highest BCUT2D eigenvalue weighted by Gasteiger charge is 2.23. The van der Waals surface area contributed by atoms with Crippen LogP contribution in [0.2, 0.25) is 0 Å². The van der Waals surface area contributed by atoms with Crippen LogP contribution in [0.4, 0.5) is 0 Å². The monoisotopic (exact) mass is 811 g/mol. The van der Waals surface area contributed by atoms with E-state index in [1.54, 1.807) is 6.08 Å². The third-order valence-corrected chi connectivity index (χ3v) is 11.3. The molecule has 3 unspecified atom stereocenters. The average Bonchev–Trinajstić information content (AvgIpc) is 3.15. The Bertz CT molecular complexity index is 1010. The molecule has 8 nitrogen and oxygen atoms in total. The molecular weight excluding hydrogens is 719 g/mol. The summed E-state index contributed by atoms with van der Waals surface area (Å²) >= 11 is 0. The van der Waals surface area contributed by atoms with Crippen LogP contribution in [0.1, 0.15) is 206 Å². The summed E-state index contributed by atoms with van der Waals surface area (Å²) < 4.78 is 23.2. The molecule has 0 radical (unpaired) electrons. The Morgan fingerprint density at radius 1 is 0.607 bits per heavy atom. The number of carbonyl (C=O) groups excluding carboxylic acids is 1. The molecule has 0 aliphatic carbocycles. The largest absolute Gasteiger partial charge is 0.756 e. The highest BCUT2D eigenvalue weighted by molar-refractivity contribution is 7.45. The van der Waals surface area contributed by atoms with Gasteiger partial charge in [0.2, 0.25) is 5.91 Å². The van der Waals surface area contributed by atoms with Crippen molar-refractivity contribution in [1.82, 2.24) is 5.32 Å². The van der Waals surface area contributed by atoms with Crippen LogP contribution < -0.4 is 10.2 Å². The Hall–Kier alpha value is -1.28. The number of likely N-dealkylation sites (N-methyl/N-ethyl adjacent to an activating group) is 1. The summed E-state index contributed by atoms with van der Waals surface area (Å²) in [4.78, 5) is 25.3. The molecule has 0 spiro atoms. The standard InChI is InChI=1S/C47H91N2O6P/c1-6-8-10-12-14-16-18-20-21-22-23-24-25-26-27-29-31-33-35-37-39-41-47(51)48-45(44-55-56(52,53)54-43-42-49(3,4)5)46(50)40-38-36-34-32-30-28-19-17-15-13-11-9-7-2/h15,17,30,32,38,40,45-46,50H,6-14,16,18-29,31,33-37,39,41-44H2,1-5H3,(H-,48,51,52,53)/b17-15+,32-30+,40-38+. The fraction of sp³-hybridized carbons (Fsp3) is 0.851. The third-order valence-electron chi connectivity index (χ3n) is 10.3. The van der Waals surface area contributed by atoms with E-state index in [0.29, 0.717) is 17.4 Å². The van der Waals surface area contributed by atoms with Gasteiger partial charge in [-0.25, -0.2) is 0 Å². The lowest BCUT2D eigenvalue weighted by molar-refractivity contribution is -0.870. The van der Waals surface area contributed by atoms with E-state index in [4.69, 9.17) is 9.05 Å². The number of hydrogen-bond acceptors (Lipinski definition) is 6. The lowest BCUT2D eigenvalue weighted by Crippen LogP contribution is -2.45. The van der Waals surface area contributed by atoms with Crippen LogP contribution in [0.3, 0.4) is 0 Å². The molecule has 0 saturated heterocycles.